The lowest BCUT2D eigenvalue weighted by atomic mass is 9.79. The van der Waals surface area contributed by atoms with Gasteiger partial charge in [0, 0.05) is 6.04 Å². The van der Waals surface area contributed by atoms with Crippen molar-refractivity contribution in [2.75, 3.05) is 13.6 Å². The number of hydrogen-bond acceptors (Lipinski definition) is 2. The molecular formula is C14H22ClNO2. The molecule has 2 atom stereocenters. The molecule has 0 amide bonds. The summed E-state index contributed by atoms with van der Waals surface area (Å²) < 4.78 is 0. The highest BCUT2D eigenvalue weighted by atomic mass is 35.5. The zero-order chi connectivity index (χ0) is 11.1. The Morgan fingerprint density at radius 3 is 2.89 bits per heavy atom. The van der Waals surface area contributed by atoms with Crippen molar-refractivity contribution in [3.05, 3.63) is 29.3 Å². The van der Waals surface area contributed by atoms with E-state index in [1.54, 1.807) is 0 Å². The summed E-state index contributed by atoms with van der Waals surface area (Å²) in [6.45, 7) is 1.19. The smallest absolute Gasteiger partial charge is 0.115 e. The first-order valence-electron chi connectivity index (χ1n) is 6.26. The number of benzene rings is 1. The van der Waals surface area contributed by atoms with Crippen LogP contribution >= 0.6 is 12.4 Å². The lowest BCUT2D eigenvalue weighted by Crippen LogP contribution is -2.28. The van der Waals surface area contributed by atoms with Gasteiger partial charge in [0.2, 0.25) is 0 Å². The van der Waals surface area contributed by atoms with Gasteiger partial charge in [0.15, 0.2) is 0 Å². The maximum atomic E-state index is 9.62. The van der Waals surface area contributed by atoms with Crippen molar-refractivity contribution < 1.29 is 10.6 Å². The Morgan fingerprint density at radius 1 is 1.33 bits per heavy atom. The molecule has 0 aromatic heterocycles. The van der Waals surface area contributed by atoms with Gasteiger partial charge in [-0.25, -0.2) is 0 Å². The number of hydrogen-bond donors (Lipinski definition) is 1. The molecule has 2 bridgehead atoms. The molecule has 4 heteroatoms. The summed E-state index contributed by atoms with van der Waals surface area (Å²) in [5.41, 5.74) is 2.81. The maximum Gasteiger partial charge on any atom is 0.115 e. The van der Waals surface area contributed by atoms with Gasteiger partial charge in [-0.2, -0.15) is 0 Å². The largest absolute Gasteiger partial charge is 0.508 e. The molecule has 3 N–H and O–H groups in total. The van der Waals surface area contributed by atoms with Crippen molar-refractivity contribution in [2.24, 2.45) is 5.92 Å². The van der Waals surface area contributed by atoms with Crippen LogP contribution in [0.2, 0.25) is 0 Å². The average Bonchev–Trinajstić information content (AvgIpc) is 2.41. The molecule has 1 aliphatic heterocycles. The second kappa shape index (κ2) is 5.91. The molecule has 2 unspecified atom stereocenters. The van der Waals surface area contributed by atoms with Crippen molar-refractivity contribution in [1.82, 2.24) is 4.90 Å². The van der Waals surface area contributed by atoms with Gasteiger partial charge in [0.05, 0.1) is 0 Å². The molecule has 102 valence electrons. The first-order chi connectivity index (χ1) is 7.74. The molecule has 1 fully saturated rings. The lowest BCUT2D eigenvalue weighted by molar-refractivity contribution is 0.226. The minimum atomic E-state index is 0. The van der Waals surface area contributed by atoms with Crippen LogP contribution in [0.15, 0.2) is 18.2 Å². The van der Waals surface area contributed by atoms with Gasteiger partial charge in [-0.05, 0) is 68.5 Å². The Bertz CT molecular complexity index is 411. The number of halogens is 1. The van der Waals surface area contributed by atoms with Gasteiger partial charge in [0.25, 0.3) is 0 Å². The van der Waals surface area contributed by atoms with Gasteiger partial charge in [-0.15, -0.1) is 12.4 Å². The van der Waals surface area contributed by atoms with Crippen molar-refractivity contribution in [2.45, 2.75) is 31.7 Å². The van der Waals surface area contributed by atoms with E-state index >= 15 is 0 Å². The van der Waals surface area contributed by atoms with E-state index in [0.29, 0.717) is 11.8 Å². The number of rotatable bonds is 0. The van der Waals surface area contributed by atoms with Gasteiger partial charge < -0.3 is 10.6 Å². The quantitative estimate of drug-likeness (QED) is 0.787. The van der Waals surface area contributed by atoms with E-state index in [-0.39, 0.29) is 17.9 Å². The summed E-state index contributed by atoms with van der Waals surface area (Å²) in [4.78, 5) is 2.46. The van der Waals surface area contributed by atoms with Crippen molar-refractivity contribution in [3.63, 3.8) is 0 Å². The first-order valence-corrected chi connectivity index (χ1v) is 6.26. The fourth-order valence-corrected chi connectivity index (χ4v) is 3.34. The van der Waals surface area contributed by atoms with Gasteiger partial charge in [-0.3, -0.25) is 4.90 Å². The Kier molecular flexibility index (Phi) is 5.02. The second-order valence-corrected chi connectivity index (χ2v) is 5.33. The molecule has 18 heavy (non-hydrogen) atoms. The Hall–Kier alpha value is -0.770. The second-order valence-electron chi connectivity index (χ2n) is 5.33. The SMILES string of the molecule is CN1CCCC2Cc3ccc(O)cc3C1C2.Cl.O. The van der Waals surface area contributed by atoms with E-state index in [1.165, 1.54) is 43.4 Å². The molecule has 3 nitrogen and oxygen atoms in total. The van der Waals surface area contributed by atoms with E-state index < -0.39 is 0 Å². The van der Waals surface area contributed by atoms with E-state index in [0.717, 1.165) is 5.92 Å². The predicted molar refractivity (Wildman–Crippen MR) is 75.4 cm³/mol. The predicted octanol–water partition coefficient (Wildman–Crippen LogP) is 2.32. The monoisotopic (exact) mass is 271 g/mol. The molecule has 1 heterocycles. The van der Waals surface area contributed by atoms with E-state index in [1.807, 2.05) is 12.1 Å². The minimum Gasteiger partial charge on any atom is -0.508 e. The minimum absolute atomic E-state index is 0. The van der Waals surface area contributed by atoms with Gasteiger partial charge in [0.1, 0.15) is 5.75 Å². The van der Waals surface area contributed by atoms with Crippen LogP contribution in [0.5, 0.6) is 5.75 Å². The summed E-state index contributed by atoms with van der Waals surface area (Å²) in [7, 11) is 2.21. The van der Waals surface area contributed by atoms with E-state index in [2.05, 4.69) is 18.0 Å². The standard InChI is InChI=1S/C14H19NO.ClH.H2O/c1-15-6-2-3-10-7-11-4-5-12(16)9-13(11)14(15)8-10;;/h4-5,9-10,14,16H,2-3,6-8H2,1H3;1H;1H2. The summed E-state index contributed by atoms with van der Waals surface area (Å²) in [5, 5.41) is 9.62. The van der Waals surface area contributed by atoms with Crippen molar-refractivity contribution in [3.8, 4) is 5.75 Å². The molecule has 2 aliphatic rings. The van der Waals surface area contributed by atoms with Gasteiger partial charge in [-0.1, -0.05) is 6.07 Å². The van der Waals surface area contributed by atoms with Crippen LogP contribution < -0.4 is 0 Å². The highest BCUT2D eigenvalue weighted by Crippen LogP contribution is 2.41. The molecule has 0 radical (unpaired) electrons. The lowest BCUT2D eigenvalue weighted by Gasteiger charge is -2.34. The normalized spacial score (nSPS) is 26.3. The Labute approximate surface area is 115 Å². The molecule has 1 aromatic carbocycles. The molecule has 1 saturated heterocycles. The zero-order valence-electron chi connectivity index (χ0n) is 10.7. The third-order valence-electron chi connectivity index (χ3n) is 4.21. The average molecular weight is 272 g/mol. The summed E-state index contributed by atoms with van der Waals surface area (Å²) in [5.74, 6) is 1.27. The molecule has 3 rings (SSSR count). The van der Waals surface area contributed by atoms with Crippen LogP contribution in [-0.2, 0) is 6.42 Å². The van der Waals surface area contributed by atoms with Crippen LogP contribution in [0, 0.1) is 5.92 Å². The third kappa shape index (κ3) is 2.63. The zero-order valence-corrected chi connectivity index (χ0v) is 11.5. The molecule has 0 saturated carbocycles. The topological polar surface area (TPSA) is 55.0 Å². The number of fused-ring (bicyclic) bond motifs is 4. The van der Waals surface area contributed by atoms with E-state index in [4.69, 9.17) is 0 Å². The number of nitrogens with zero attached hydrogens (tertiary/aromatic N) is 1. The number of phenolic OH excluding ortho intramolecular Hbond substituents is 1. The molecule has 1 aliphatic carbocycles. The summed E-state index contributed by atoms with van der Waals surface area (Å²) in [6.07, 6.45) is 5.16. The van der Waals surface area contributed by atoms with Crippen LogP contribution in [0.4, 0.5) is 0 Å². The molecule has 1 aromatic rings. The Balaban J connectivity index is 0.000000810. The summed E-state index contributed by atoms with van der Waals surface area (Å²) >= 11 is 0. The van der Waals surface area contributed by atoms with Crippen LogP contribution in [0.1, 0.15) is 36.4 Å². The number of aromatic hydroxyl groups is 1. The molecular weight excluding hydrogens is 250 g/mol. The molecule has 0 spiro atoms. The third-order valence-corrected chi connectivity index (χ3v) is 4.21. The van der Waals surface area contributed by atoms with Crippen LogP contribution in [0.3, 0.4) is 0 Å². The number of phenols is 1. The van der Waals surface area contributed by atoms with Crippen LogP contribution in [-0.4, -0.2) is 29.1 Å². The van der Waals surface area contributed by atoms with E-state index in [9.17, 15) is 5.11 Å². The first kappa shape index (κ1) is 15.3. The fraction of sp³-hybridized carbons (Fsp3) is 0.571. The van der Waals surface area contributed by atoms with Gasteiger partial charge >= 0.3 is 0 Å². The van der Waals surface area contributed by atoms with Crippen molar-refractivity contribution in [1.29, 1.82) is 0 Å². The highest BCUT2D eigenvalue weighted by molar-refractivity contribution is 5.85. The van der Waals surface area contributed by atoms with Crippen molar-refractivity contribution >= 4 is 12.4 Å². The van der Waals surface area contributed by atoms with Crippen LogP contribution in [0.25, 0.3) is 0 Å². The maximum absolute atomic E-state index is 9.62. The number of likely N-dealkylation sites (tertiary alicyclic amines) is 1. The Morgan fingerprint density at radius 2 is 2.11 bits per heavy atom. The highest BCUT2D eigenvalue weighted by Gasteiger charge is 2.31. The fourth-order valence-electron chi connectivity index (χ4n) is 3.34. The summed E-state index contributed by atoms with van der Waals surface area (Å²) in [6, 6.07) is 6.44.